The van der Waals surface area contributed by atoms with Gasteiger partial charge >= 0.3 is 5.69 Å². The predicted molar refractivity (Wildman–Crippen MR) is 108 cm³/mol. The highest BCUT2D eigenvalue weighted by Crippen LogP contribution is 2.25. The van der Waals surface area contributed by atoms with Gasteiger partial charge in [0.1, 0.15) is 5.69 Å². The third kappa shape index (κ3) is 5.61. The topological polar surface area (TPSA) is 122 Å². The van der Waals surface area contributed by atoms with Crippen LogP contribution in [-0.2, 0) is 6.54 Å². The highest BCUT2D eigenvalue weighted by Gasteiger charge is 2.33. The zero-order valence-electron chi connectivity index (χ0n) is 16.6. The number of carbonyl (C=O) groups is 1. The fourth-order valence-corrected chi connectivity index (χ4v) is 3.74. The summed E-state index contributed by atoms with van der Waals surface area (Å²) in [5.74, 6) is -0.401. The molecule has 1 amide bonds. The molecule has 3 rings (SSSR count). The Morgan fingerprint density at radius 2 is 2.00 bits per heavy atom. The molecule has 2 aromatic heterocycles. The molecule has 29 heavy (non-hydrogen) atoms. The van der Waals surface area contributed by atoms with Crippen molar-refractivity contribution in [2.45, 2.75) is 38.3 Å². The minimum Gasteiger partial charge on any atom is -0.388 e. The molecule has 0 unspecified atom stereocenters. The summed E-state index contributed by atoms with van der Waals surface area (Å²) in [5.41, 5.74) is -1.12. The Bertz CT molecular complexity index is 913. The Morgan fingerprint density at radius 3 is 2.69 bits per heavy atom. The molecule has 1 aliphatic heterocycles. The van der Waals surface area contributed by atoms with Gasteiger partial charge in [0.05, 0.1) is 5.60 Å². The molecule has 2 aromatic rings. The number of H-pyrrole nitrogens is 2. The number of amides is 1. The Morgan fingerprint density at radius 1 is 1.24 bits per heavy atom. The summed E-state index contributed by atoms with van der Waals surface area (Å²) in [6, 6.07) is 5.01. The fourth-order valence-electron chi connectivity index (χ4n) is 3.74. The van der Waals surface area contributed by atoms with Gasteiger partial charge in [0.25, 0.3) is 11.5 Å². The van der Waals surface area contributed by atoms with Gasteiger partial charge in [0.2, 0.25) is 0 Å². The SMILES string of the molecule is CCN(Cc1ccncc1)C[C@]1(O)CCCN(C(=O)c2cc(=O)[nH]c(=O)[nH]2)CC1. The zero-order valence-corrected chi connectivity index (χ0v) is 16.6. The zero-order chi connectivity index (χ0) is 20.9. The second kappa shape index (κ2) is 9.15. The largest absolute Gasteiger partial charge is 0.388 e. The van der Waals surface area contributed by atoms with Gasteiger partial charge in [-0.15, -0.1) is 0 Å². The first-order valence-corrected chi connectivity index (χ1v) is 9.85. The van der Waals surface area contributed by atoms with Gasteiger partial charge in [-0.3, -0.25) is 24.5 Å². The molecule has 0 saturated carbocycles. The summed E-state index contributed by atoms with van der Waals surface area (Å²) in [6.45, 7) is 4.90. The second-order valence-electron chi connectivity index (χ2n) is 7.53. The van der Waals surface area contributed by atoms with Crippen LogP contribution >= 0.6 is 0 Å². The van der Waals surface area contributed by atoms with E-state index >= 15 is 0 Å². The number of hydrogen-bond donors (Lipinski definition) is 3. The third-order valence-electron chi connectivity index (χ3n) is 5.32. The quantitative estimate of drug-likeness (QED) is 0.641. The molecule has 0 bridgehead atoms. The van der Waals surface area contributed by atoms with E-state index in [1.165, 1.54) is 0 Å². The lowest BCUT2D eigenvalue weighted by Gasteiger charge is -2.33. The van der Waals surface area contributed by atoms with Crippen molar-refractivity contribution >= 4 is 5.91 Å². The number of likely N-dealkylation sites (N-methyl/N-ethyl adjacent to an activating group) is 1. The summed E-state index contributed by atoms with van der Waals surface area (Å²) in [7, 11) is 0. The smallest absolute Gasteiger partial charge is 0.326 e. The van der Waals surface area contributed by atoms with E-state index in [0.717, 1.165) is 24.7 Å². The highest BCUT2D eigenvalue weighted by molar-refractivity contribution is 5.92. The molecule has 3 heterocycles. The van der Waals surface area contributed by atoms with Gasteiger partial charge in [-0.05, 0) is 43.5 Å². The van der Waals surface area contributed by atoms with Crippen LogP contribution in [0.25, 0.3) is 0 Å². The van der Waals surface area contributed by atoms with Crippen molar-refractivity contribution in [2.75, 3.05) is 26.2 Å². The molecule has 3 N–H and O–H groups in total. The minimum absolute atomic E-state index is 0.0305. The summed E-state index contributed by atoms with van der Waals surface area (Å²) in [5, 5.41) is 11.2. The maximum Gasteiger partial charge on any atom is 0.326 e. The van der Waals surface area contributed by atoms with Gasteiger partial charge in [0.15, 0.2) is 0 Å². The number of likely N-dealkylation sites (tertiary alicyclic amines) is 1. The maximum atomic E-state index is 12.7. The van der Waals surface area contributed by atoms with Crippen LogP contribution in [0.4, 0.5) is 0 Å². The van der Waals surface area contributed by atoms with Crippen molar-refractivity contribution in [3.63, 3.8) is 0 Å². The average Bonchev–Trinajstić information content (AvgIpc) is 2.88. The first-order valence-electron chi connectivity index (χ1n) is 9.85. The summed E-state index contributed by atoms with van der Waals surface area (Å²) in [4.78, 5) is 47.8. The molecule has 0 aliphatic carbocycles. The Labute approximate surface area is 168 Å². The first kappa shape index (κ1) is 20.9. The lowest BCUT2D eigenvalue weighted by molar-refractivity contribution is -0.00928. The highest BCUT2D eigenvalue weighted by atomic mass is 16.3. The minimum atomic E-state index is -0.903. The average molecular weight is 401 g/mol. The number of aliphatic hydroxyl groups is 1. The molecular weight excluding hydrogens is 374 g/mol. The van der Waals surface area contributed by atoms with E-state index in [0.29, 0.717) is 38.9 Å². The van der Waals surface area contributed by atoms with E-state index in [1.54, 1.807) is 17.3 Å². The fraction of sp³-hybridized carbons (Fsp3) is 0.500. The van der Waals surface area contributed by atoms with E-state index in [-0.39, 0.29) is 5.69 Å². The van der Waals surface area contributed by atoms with Crippen LogP contribution in [0.15, 0.2) is 40.2 Å². The Hall–Kier alpha value is -2.78. The standard InChI is InChI=1S/C20H27N5O4/c1-2-24(13-15-4-8-21-9-5-15)14-20(29)6-3-10-25(11-7-20)18(27)16-12-17(26)23-19(28)22-16/h4-5,8-9,12,29H,2-3,6-7,10-11,13-14H2,1H3,(H2,22,23,26,28)/t20-/m0/s1. The van der Waals surface area contributed by atoms with E-state index < -0.39 is 22.8 Å². The molecular formula is C20H27N5O4. The first-order chi connectivity index (χ1) is 13.9. The predicted octanol–water partition coefficient (Wildman–Crippen LogP) is 0.338. The number of rotatable bonds is 6. The lowest BCUT2D eigenvalue weighted by atomic mass is 9.94. The van der Waals surface area contributed by atoms with Crippen LogP contribution in [0.1, 0.15) is 42.2 Å². The third-order valence-corrected chi connectivity index (χ3v) is 5.32. The molecule has 1 atom stereocenters. The molecule has 1 aliphatic rings. The number of nitrogens with one attached hydrogen (secondary N) is 2. The van der Waals surface area contributed by atoms with Crippen molar-refractivity contribution in [3.8, 4) is 0 Å². The Kier molecular flexibility index (Phi) is 6.60. The van der Waals surface area contributed by atoms with Crippen LogP contribution in [0.5, 0.6) is 0 Å². The van der Waals surface area contributed by atoms with Gasteiger partial charge in [0, 0.05) is 44.6 Å². The van der Waals surface area contributed by atoms with E-state index in [4.69, 9.17) is 0 Å². The Balaban J connectivity index is 1.65. The summed E-state index contributed by atoms with van der Waals surface area (Å²) < 4.78 is 0. The van der Waals surface area contributed by atoms with Crippen LogP contribution in [-0.4, -0.2) is 67.5 Å². The normalized spacial score (nSPS) is 19.9. The molecule has 1 saturated heterocycles. The number of hydrogen-bond acceptors (Lipinski definition) is 6. The monoisotopic (exact) mass is 401 g/mol. The van der Waals surface area contributed by atoms with Crippen molar-refractivity contribution in [3.05, 3.63) is 62.7 Å². The molecule has 0 spiro atoms. The van der Waals surface area contributed by atoms with Gasteiger partial charge in [-0.1, -0.05) is 6.92 Å². The molecule has 156 valence electrons. The maximum absolute atomic E-state index is 12.7. The number of nitrogens with zero attached hydrogens (tertiary/aromatic N) is 3. The van der Waals surface area contributed by atoms with Crippen LogP contribution < -0.4 is 11.2 Å². The summed E-state index contributed by atoms with van der Waals surface area (Å²) in [6.07, 6.45) is 5.16. The van der Waals surface area contributed by atoms with Crippen molar-refractivity contribution in [1.29, 1.82) is 0 Å². The molecule has 0 aromatic carbocycles. The van der Waals surface area contributed by atoms with Crippen molar-refractivity contribution in [1.82, 2.24) is 24.8 Å². The van der Waals surface area contributed by atoms with E-state index in [2.05, 4.69) is 26.8 Å². The van der Waals surface area contributed by atoms with E-state index in [9.17, 15) is 19.5 Å². The van der Waals surface area contributed by atoms with Crippen LogP contribution in [0.3, 0.4) is 0 Å². The van der Waals surface area contributed by atoms with Gasteiger partial charge < -0.3 is 15.0 Å². The number of carbonyl (C=O) groups excluding carboxylic acids is 1. The molecule has 1 fully saturated rings. The second-order valence-corrected chi connectivity index (χ2v) is 7.53. The number of pyridine rings is 1. The van der Waals surface area contributed by atoms with Gasteiger partial charge in [-0.25, -0.2) is 4.79 Å². The van der Waals surface area contributed by atoms with Crippen molar-refractivity contribution in [2.24, 2.45) is 0 Å². The lowest BCUT2D eigenvalue weighted by Crippen LogP contribution is -2.44. The molecule has 9 heteroatoms. The van der Waals surface area contributed by atoms with Crippen LogP contribution in [0, 0.1) is 0 Å². The molecule has 0 radical (unpaired) electrons. The molecule has 9 nitrogen and oxygen atoms in total. The van der Waals surface area contributed by atoms with Crippen LogP contribution in [0.2, 0.25) is 0 Å². The summed E-state index contributed by atoms with van der Waals surface area (Å²) >= 11 is 0. The number of aromatic nitrogens is 3. The number of aromatic amines is 2. The van der Waals surface area contributed by atoms with Crippen molar-refractivity contribution < 1.29 is 9.90 Å². The van der Waals surface area contributed by atoms with Gasteiger partial charge in [-0.2, -0.15) is 0 Å². The van der Waals surface area contributed by atoms with E-state index in [1.807, 2.05) is 12.1 Å².